The van der Waals surface area contributed by atoms with E-state index in [4.69, 9.17) is 11.6 Å². The van der Waals surface area contributed by atoms with Crippen molar-refractivity contribution >= 4 is 11.6 Å². The van der Waals surface area contributed by atoms with Crippen LogP contribution >= 0.6 is 11.6 Å². The molecule has 30 heavy (non-hydrogen) atoms. The molecule has 6 heteroatoms. The van der Waals surface area contributed by atoms with E-state index in [2.05, 4.69) is 5.10 Å². The van der Waals surface area contributed by atoms with Crippen LogP contribution in [-0.4, -0.2) is 14.9 Å². The van der Waals surface area contributed by atoms with Crippen molar-refractivity contribution in [1.29, 1.82) is 0 Å². The van der Waals surface area contributed by atoms with E-state index in [0.29, 0.717) is 16.3 Å². The van der Waals surface area contributed by atoms with Crippen LogP contribution in [0.4, 0.5) is 0 Å². The smallest absolute Gasteiger partial charge is 0.278 e. The minimum absolute atomic E-state index is 0. The third-order valence-electron chi connectivity index (χ3n) is 4.34. The van der Waals surface area contributed by atoms with E-state index in [1.54, 1.807) is 6.07 Å². The van der Waals surface area contributed by atoms with Crippen molar-refractivity contribution in [3.05, 3.63) is 88.2 Å². The van der Waals surface area contributed by atoms with Crippen molar-refractivity contribution in [1.82, 2.24) is 9.78 Å². The average molecular weight is 503 g/mol. The largest absolute Gasteiger partial charge is 0.505 e. The van der Waals surface area contributed by atoms with Crippen LogP contribution in [0, 0.1) is 14.4 Å². The molecule has 4 nitrogen and oxygen atoms in total. The Bertz CT molecular complexity index is 1020. The predicted octanol–water partition coefficient (Wildman–Crippen LogP) is 6.22. The van der Waals surface area contributed by atoms with Gasteiger partial charge in [0.2, 0.25) is 0 Å². The van der Waals surface area contributed by atoms with Gasteiger partial charge in [-0.05, 0) is 35.7 Å². The fourth-order valence-corrected chi connectivity index (χ4v) is 3.19. The Hall–Kier alpha value is -1.49. The Labute approximate surface area is 210 Å². The second kappa shape index (κ2) is 13.0. The van der Waals surface area contributed by atoms with Gasteiger partial charge in [-0.2, -0.15) is 5.10 Å². The number of rotatable bonds is 4. The van der Waals surface area contributed by atoms with Crippen LogP contribution in [0.3, 0.4) is 0 Å². The normalized spacial score (nSPS) is 9.83. The summed E-state index contributed by atoms with van der Waals surface area (Å²) in [5.74, 6) is -0.0642. The molecule has 2 aromatic carbocycles. The molecule has 0 bridgehead atoms. The first-order chi connectivity index (χ1) is 13.4. The summed E-state index contributed by atoms with van der Waals surface area (Å²) < 4.78 is 1.41. The molecule has 0 unspecified atom stereocenters. The van der Waals surface area contributed by atoms with Crippen molar-refractivity contribution in [3.63, 3.8) is 0 Å². The van der Waals surface area contributed by atoms with Gasteiger partial charge in [0.25, 0.3) is 5.56 Å². The summed E-state index contributed by atoms with van der Waals surface area (Å²) in [6.45, 7) is 10.1. The van der Waals surface area contributed by atoms with E-state index >= 15 is 0 Å². The zero-order valence-corrected chi connectivity index (χ0v) is 22.2. The molecule has 3 rings (SSSR count). The van der Waals surface area contributed by atoms with Crippen LogP contribution in [-0.2, 0) is 39.3 Å². The van der Waals surface area contributed by atoms with Gasteiger partial charge in [-0.15, -0.1) is 0 Å². The second-order valence-corrected chi connectivity index (χ2v) is 7.11. The number of aromatic hydroxyl groups is 1. The Balaban J connectivity index is 0.00000204. The third-order valence-corrected chi connectivity index (χ3v) is 4.57. The fourth-order valence-electron chi connectivity index (χ4n) is 2.98. The van der Waals surface area contributed by atoms with Gasteiger partial charge in [0.15, 0.2) is 5.75 Å². The van der Waals surface area contributed by atoms with Gasteiger partial charge >= 0.3 is 0 Å². The maximum Gasteiger partial charge on any atom is 0.278 e. The summed E-state index contributed by atoms with van der Waals surface area (Å²) in [5.41, 5.74) is 3.01. The number of hydrogen-bond acceptors (Lipinski definition) is 3. The van der Waals surface area contributed by atoms with E-state index in [0.717, 1.165) is 16.7 Å². The zero-order valence-electron chi connectivity index (χ0n) is 18.6. The van der Waals surface area contributed by atoms with Crippen LogP contribution < -0.4 is 5.56 Å². The zero-order chi connectivity index (χ0) is 20.8. The molecular formula is C24H30ClN2O2Y-. The SMILES string of the molecule is CC.Cc1ccccc1-c1c(O)c(C(C)C)nn(Cc2cccc(Cl)c2)c1=O.[CH3-].[Y]. The summed E-state index contributed by atoms with van der Waals surface area (Å²) in [6.07, 6.45) is 0. The Morgan fingerprint density at radius 2 is 1.73 bits per heavy atom. The minimum Gasteiger partial charge on any atom is -0.505 e. The number of halogens is 1. The van der Waals surface area contributed by atoms with Crippen molar-refractivity contribution in [2.45, 2.75) is 47.1 Å². The summed E-state index contributed by atoms with van der Waals surface area (Å²) in [5, 5.41) is 15.8. The van der Waals surface area contributed by atoms with Gasteiger partial charge in [-0.25, -0.2) is 4.68 Å². The van der Waals surface area contributed by atoms with Gasteiger partial charge in [0.1, 0.15) is 5.69 Å². The molecule has 0 saturated heterocycles. The van der Waals surface area contributed by atoms with E-state index < -0.39 is 0 Å². The Morgan fingerprint density at radius 1 is 1.10 bits per heavy atom. The molecule has 3 aromatic rings. The molecule has 0 saturated carbocycles. The molecule has 0 amide bonds. The molecule has 0 aliphatic rings. The molecule has 1 N–H and O–H groups in total. The summed E-state index contributed by atoms with van der Waals surface area (Å²) >= 11 is 6.06. The Morgan fingerprint density at radius 3 is 2.30 bits per heavy atom. The molecule has 1 aromatic heterocycles. The molecule has 0 atom stereocenters. The molecule has 0 spiro atoms. The molecular weight excluding hydrogens is 473 g/mol. The quantitative estimate of drug-likeness (QED) is 0.431. The van der Waals surface area contributed by atoms with Crippen LogP contribution in [0.25, 0.3) is 11.1 Å². The van der Waals surface area contributed by atoms with E-state index in [1.165, 1.54) is 4.68 Å². The average Bonchev–Trinajstić information content (AvgIpc) is 2.67. The molecule has 0 aliphatic carbocycles. The summed E-state index contributed by atoms with van der Waals surface area (Å²) in [7, 11) is 0. The number of aryl methyl sites for hydroxylation is 1. The minimum atomic E-state index is -0.318. The second-order valence-electron chi connectivity index (χ2n) is 6.67. The topological polar surface area (TPSA) is 55.1 Å². The maximum atomic E-state index is 13.1. The fraction of sp³-hybridized carbons (Fsp3) is 0.292. The molecule has 0 fully saturated rings. The van der Waals surface area contributed by atoms with Crippen molar-refractivity contribution in [2.24, 2.45) is 0 Å². The van der Waals surface area contributed by atoms with Gasteiger partial charge in [-0.3, -0.25) is 4.79 Å². The summed E-state index contributed by atoms with van der Waals surface area (Å²) in [6, 6.07) is 14.9. The number of nitrogens with zero attached hydrogens (tertiary/aromatic N) is 2. The molecule has 1 radical (unpaired) electrons. The Kier molecular flexibility index (Phi) is 12.4. The number of hydrogen-bond donors (Lipinski definition) is 1. The van der Waals surface area contributed by atoms with Crippen LogP contribution in [0.15, 0.2) is 53.3 Å². The van der Waals surface area contributed by atoms with Gasteiger partial charge < -0.3 is 12.5 Å². The molecule has 1 heterocycles. The monoisotopic (exact) mass is 502 g/mol. The van der Waals surface area contributed by atoms with E-state index in [1.807, 2.05) is 77.1 Å². The summed E-state index contributed by atoms with van der Waals surface area (Å²) in [4.78, 5) is 13.1. The van der Waals surface area contributed by atoms with Crippen LogP contribution in [0.1, 0.15) is 50.4 Å². The van der Waals surface area contributed by atoms with Crippen molar-refractivity contribution in [3.8, 4) is 16.9 Å². The van der Waals surface area contributed by atoms with Crippen molar-refractivity contribution < 1.29 is 37.8 Å². The van der Waals surface area contributed by atoms with Crippen molar-refractivity contribution in [2.75, 3.05) is 0 Å². The first-order valence-electron chi connectivity index (χ1n) is 9.53. The first-order valence-corrected chi connectivity index (χ1v) is 9.90. The number of benzene rings is 2. The standard InChI is InChI=1S/C21H21ClN2O2.C2H6.CH3.Y/c1-13(2)19-20(25)18(17-10-5-4-7-14(17)3)21(26)24(23-19)12-15-8-6-9-16(22)11-15;1-2;;/h4-11,13,25H,12H2,1-3H3;1-2H3;1H3;/q;;-1;. The molecule has 0 aliphatic heterocycles. The van der Waals surface area contributed by atoms with Crippen LogP contribution in [0.2, 0.25) is 5.02 Å². The van der Waals surface area contributed by atoms with Gasteiger partial charge in [0.05, 0.1) is 12.1 Å². The van der Waals surface area contributed by atoms with E-state index in [9.17, 15) is 9.90 Å². The van der Waals surface area contributed by atoms with E-state index in [-0.39, 0.29) is 63.9 Å². The first kappa shape index (κ1) is 28.5. The van der Waals surface area contributed by atoms with Crippen LogP contribution in [0.5, 0.6) is 5.75 Å². The maximum absolute atomic E-state index is 13.1. The third kappa shape index (κ3) is 6.50. The van der Waals surface area contributed by atoms with Gasteiger partial charge in [0, 0.05) is 43.6 Å². The number of aromatic nitrogens is 2. The van der Waals surface area contributed by atoms with Gasteiger partial charge in [-0.1, -0.05) is 75.7 Å². The predicted molar refractivity (Wildman–Crippen MR) is 123 cm³/mol. The molecule has 159 valence electrons.